The zero-order valence-corrected chi connectivity index (χ0v) is 10.9. The van der Waals surface area contributed by atoms with Gasteiger partial charge >= 0.3 is 0 Å². The molecule has 0 saturated heterocycles. The van der Waals surface area contributed by atoms with Crippen molar-refractivity contribution in [2.24, 2.45) is 4.52 Å². The van der Waals surface area contributed by atoms with Gasteiger partial charge in [0, 0.05) is 7.11 Å². The highest BCUT2D eigenvalue weighted by atomic mass is 31.1. The fourth-order valence-electron chi connectivity index (χ4n) is 0.490. The van der Waals surface area contributed by atoms with Crippen LogP contribution in [0.25, 0.3) is 0 Å². The summed E-state index contributed by atoms with van der Waals surface area (Å²) < 4.78 is 19.3. The molecule has 0 aliphatic carbocycles. The fourth-order valence-corrected chi connectivity index (χ4v) is 1.77. The van der Waals surface area contributed by atoms with Crippen LogP contribution in [0.1, 0.15) is 13.8 Å². The summed E-state index contributed by atoms with van der Waals surface area (Å²) in [5, 5.41) is 0. The first kappa shape index (κ1) is 13.8. The van der Waals surface area contributed by atoms with E-state index in [0.717, 1.165) is 0 Å². The van der Waals surface area contributed by atoms with Gasteiger partial charge in [0.15, 0.2) is 21.2 Å². The van der Waals surface area contributed by atoms with Crippen molar-refractivity contribution in [1.29, 1.82) is 0 Å². The number of hydrogen-bond donors (Lipinski definition) is 1. The van der Waals surface area contributed by atoms with Crippen LogP contribution in [0.5, 0.6) is 0 Å². The molecule has 0 aromatic rings. The molecule has 0 spiro atoms. The highest BCUT2D eigenvalue weighted by molar-refractivity contribution is 7.47. The maximum Gasteiger partial charge on any atom is 0.179 e. The van der Waals surface area contributed by atoms with E-state index >= 15 is 0 Å². The van der Waals surface area contributed by atoms with Gasteiger partial charge in [-0.3, -0.25) is 9.38 Å². The lowest BCUT2D eigenvalue weighted by Gasteiger charge is -2.15. The Bertz CT molecular complexity index is 149. The van der Waals surface area contributed by atoms with Crippen molar-refractivity contribution in [2.45, 2.75) is 26.4 Å². The summed E-state index contributed by atoms with van der Waals surface area (Å²) in [4.78, 5) is 2.82. The molecule has 0 amide bonds. The molecular formula is C5H15N2O3P3. The van der Waals surface area contributed by atoms with Crippen LogP contribution in [0.15, 0.2) is 4.52 Å². The smallest absolute Gasteiger partial charge is 0.179 e. The van der Waals surface area contributed by atoms with E-state index in [1.807, 2.05) is 0 Å². The van der Waals surface area contributed by atoms with Crippen LogP contribution >= 0.6 is 26.9 Å². The van der Waals surface area contributed by atoms with Crippen LogP contribution in [0.4, 0.5) is 0 Å². The van der Waals surface area contributed by atoms with Gasteiger partial charge in [0.25, 0.3) is 0 Å². The summed E-state index contributed by atoms with van der Waals surface area (Å²) in [6.07, 6.45) is -0.567. The fraction of sp³-hybridized carbons (Fsp3) is 1.00. The Morgan fingerprint density at radius 2 is 2.15 bits per heavy atom. The highest BCUT2D eigenvalue weighted by Crippen LogP contribution is 2.18. The average molecular weight is 244 g/mol. The molecule has 0 bridgehead atoms. The van der Waals surface area contributed by atoms with E-state index in [9.17, 15) is 0 Å². The molecule has 8 heteroatoms. The molecule has 0 rings (SSSR count). The van der Waals surface area contributed by atoms with Gasteiger partial charge in [-0.2, -0.15) is 0 Å². The van der Waals surface area contributed by atoms with E-state index in [2.05, 4.69) is 18.8 Å². The summed E-state index contributed by atoms with van der Waals surface area (Å²) in [7, 11) is 4.83. The van der Waals surface area contributed by atoms with Crippen LogP contribution in [-0.2, 0) is 14.0 Å². The summed E-state index contributed by atoms with van der Waals surface area (Å²) in [6.45, 7) is 3.61. The van der Waals surface area contributed by atoms with Gasteiger partial charge in [-0.15, -0.1) is 0 Å². The minimum atomic E-state index is -0.310. The normalized spacial score (nSPS) is 17.2. The molecule has 1 N–H and O–H groups in total. The zero-order valence-electron chi connectivity index (χ0n) is 7.85. The van der Waals surface area contributed by atoms with Crippen molar-refractivity contribution >= 4 is 26.9 Å². The van der Waals surface area contributed by atoms with Gasteiger partial charge in [0.1, 0.15) is 0 Å². The maximum absolute atomic E-state index is 5.25. The monoisotopic (exact) mass is 244 g/mol. The standard InChI is InChI=1S/C5H15N2O3P3/c1-4(8-3)9-5(2)10-13-7-12-6-11/h4-6,12H,11H2,1-3H3. The Morgan fingerprint density at radius 1 is 1.46 bits per heavy atom. The lowest BCUT2D eigenvalue weighted by molar-refractivity contribution is -0.189. The molecule has 0 aliphatic heterocycles. The quantitative estimate of drug-likeness (QED) is 0.551. The Balaban J connectivity index is 3.44. The second kappa shape index (κ2) is 9.36. The number of nitrogens with zero attached hydrogens (tertiary/aromatic N) is 1. The van der Waals surface area contributed by atoms with Crippen LogP contribution in [0, 0.1) is 0 Å². The molecule has 0 heterocycles. The third-order valence-corrected chi connectivity index (χ3v) is 2.70. The minimum Gasteiger partial charge on any atom is -0.356 e. The first-order valence-electron chi connectivity index (χ1n) is 3.65. The van der Waals surface area contributed by atoms with Crippen LogP contribution < -0.4 is 4.86 Å². The average Bonchev–Trinajstić information content (AvgIpc) is 2.12. The van der Waals surface area contributed by atoms with Crippen LogP contribution in [0.3, 0.4) is 0 Å². The molecule has 0 aromatic carbocycles. The van der Waals surface area contributed by atoms with E-state index in [0.29, 0.717) is 17.5 Å². The van der Waals surface area contributed by atoms with Gasteiger partial charge < -0.3 is 9.47 Å². The molecule has 4 atom stereocenters. The number of hydrogen-bond acceptors (Lipinski definition) is 5. The van der Waals surface area contributed by atoms with Gasteiger partial charge in [-0.05, 0) is 13.8 Å². The zero-order chi connectivity index (χ0) is 10.1. The SMILES string of the molecule is COC(C)OC(C)OP=NPNP. The minimum absolute atomic E-state index is 0.257. The molecule has 5 nitrogen and oxygen atoms in total. The number of nitrogens with one attached hydrogen (secondary N) is 1. The Hall–Kier alpha value is 0.800. The van der Waals surface area contributed by atoms with Crippen molar-refractivity contribution in [3.8, 4) is 0 Å². The summed E-state index contributed by atoms with van der Waals surface area (Å²) in [5.74, 6) is 0. The molecule has 0 aliphatic rings. The van der Waals surface area contributed by atoms with E-state index in [4.69, 9.17) is 14.0 Å². The van der Waals surface area contributed by atoms with E-state index in [-0.39, 0.29) is 12.6 Å². The van der Waals surface area contributed by atoms with Crippen molar-refractivity contribution in [3.63, 3.8) is 0 Å². The second-order valence-electron chi connectivity index (χ2n) is 2.05. The Kier molecular flexibility index (Phi) is 9.93. The first-order chi connectivity index (χ1) is 6.20. The van der Waals surface area contributed by atoms with Crippen molar-refractivity contribution in [3.05, 3.63) is 0 Å². The predicted octanol–water partition coefficient (Wildman–Crippen LogP) is 2.29. The van der Waals surface area contributed by atoms with E-state index in [1.165, 1.54) is 0 Å². The number of rotatable bonds is 7. The topological polar surface area (TPSA) is 52.1 Å². The van der Waals surface area contributed by atoms with Gasteiger partial charge in [0.05, 0.1) is 8.88 Å². The van der Waals surface area contributed by atoms with Crippen molar-refractivity contribution < 1.29 is 14.0 Å². The van der Waals surface area contributed by atoms with Crippen LogP contribution in [-0.4, -0.2) is 19.7 Å². The van der Waals surface area contributed by atoms with Crippen molar-refractivity contribution in [1.82, 2.24) is 4.86 Å². The third-order valence-electron chi connectivity index (χ3n) is 1.07. The molecular weight excluding hydrogens is 229 g/mol. The first-order valence-corrected chi connectivity index (χ1v) is 5.94. The molecule has 78 valence electrons. The van der Waals surface area contributed by atoms with E-state index < -0.39 is 0 Å². The maximum atomic E-state index is 5.25. The lowest BCUT2D eigenvalue weighted by Crippen LogP contribution is -2.18. The van der Waals surface area contributed by atoms with E-state index in [1.54, 1.807) is 21.0 Å². The van der Waals surface area contributed by atoms with Gasteiger partial charge in [-0.1, -0.05) is 9.39 Å². The number of methoxy groups -OCH3 is 1. The highest BCUT2D eigenvalue weighted by Gasteiger charge is 2.06. The summed E-state index contributed by atoms with van der Waals surface area (Å²) in [6, 6.07) is 0. The molecule has 0 fully saturated rings. The largest absolute Gasteiger partial charge is 0.356 e. The molecule has 0 saturated carbocycles. The van der Waals surface area contributed by atoms with Gasteiger partial charge in [0.2, 0.25) is 0 Å². The number of ether oxygens (including phenoxy) is 2. The summed E-state index contributed by atoms with van der Waals surface area (Å²) >= 11 is 0. The van der Waals surface area contributed by atoms with Gasteiger partial charge in [-0.25, -0.2) is 4.52 Å². The molecule has 0 radical (unpaired) electrons. The van der Waals surface area contributed by atoms with Crippen LogP contribution in [0.2, 0.25) is 0 Å². The molecule has 0 aromatic heterocycles. The van der Waals surface area contributed by atoms with Crippen molar-refractivity contribution in [2.75, 3.05) is 7.11 Å². The predicted molar refractivity (Wildman–Crippen MR) is 58.6 cm³/mol. The Labute approximate surface area is 84.4 Å². The third kappa shape index (κ3) is 9.11. The molecule has 4 unspecified atom stereocenters. The second-order valence-corrected chi connectivity index (χ2v) is 4.60. The Morgan fingerprint density at radius 3 is 2.69 bits per heavy atom. The lowest BCUT2D eigenvalue weighted by atomic mass is 10.7. The molecule has 13 heavy (non-hydrogen) atoms. The summed E-state index contributed by atoms with van der Waals surface area (Å²) in [5.41, 5.74) is 0.